The van der Waals surface area contributed by atoms with Gasteiger partial charge in [0.15, 0.2) is 0 Å². The van der Waals surface area contributed by atoms with Crippen LogP contribution in [0.4, 0.5) is 0 Å². The van der Waals surface area contributed by atoms with E-state index in [1.807, 2.05) is 31.2 Å². The Bertz CT molecular complexity index is 1030. The van der Waals surface area contributed by atoms with Crippen molar-refractivity contribution in [1.29, 1.82) is 0 Å². The monoisotopic (exact) mass is 417 g/mol. The Morgan fingerprint density at radius 3 is 2.48 bits per heavy atom. The lowest BCUT2D eigenvalue weighted by Crippen LogP contribution is -2.51. The van der Waals surface area contributed by atoms with Crippen LogP contribution < -0.4 is 5.32 Å². The van der Waals surface area contributed by atoms with Gasteiger partial charge < -0.3 is 10.2 Å². The van der Waals surface area contributed by atoms with Crippen molar-refractivity contribution in [2.24, 2.45) is 5.41 Å². The summed E-state index contributed by atoms with van der Waals surface area (Å²) < 4.78 is 0. The molecule has 0 spiro atoms. The summed E-state index contributed by atoms with van der Waals surface area (Å²) in [4.78, 5) is 31.9. The number of carbonyl (C=O) groups excluding carboxylic acids is 2. The van der Waals surface area contributed by atoms with Crippen LogP contribution in [0.1, 0.15) is 35.8 Å². The predicted molar refractivity (Wildman–Crippen MR) is 118 cm³/mol. The molecule has 4 rings (SSSR count). The molecule has 0 atom stereocenters. The zero-order valence-corrected chi connectivity index (χ0v) is 17.7. The van der Waals surface area contributed by atoms with E-state index in [4.69, 9.17) is 0 Å². The third kappa shape index (κ3) is 4.35. The molecule has 3 aromatic rings. The zero-order chi connectivity index (χ0) is 21.7. The highest BCUT2D eigenvalue weighted by atomic mass is 16.2. The smallest absolute Gasteiger partial charge is 0.271 e. The summed E-state index contributed by atoms with van der Waals surface area (Å²) in [6.45, 7) is 3.59. The highest BCUT2D eigenvalue weighted by Crippen LogP contribution is 2.38. The number of carbonyl (C=O) groups is 2. The highest BCUT2D eigenvalue weighted by Gasteiger charge is 2.42. The summed E-state index contributed by atoms with van der Waals surface area (Å²) in [5.74, 6) is -0.00708. The molecule has 0 aliphatic carbocycles. The van der Waals surface area contributed by atoms with Crippen molar-refractivity contribution in [2.75, 3.05) is 19.6 Å². The van der Waals surface area contributed by atoms with Crippen LogP contribution in [0, 0.1) is 5.41 Å². The number of amides is 2. The van der Waals surface area contributed by atoms with Gasteiger partial charge in [0.05, 0.1) is 5.41 Å². The minimum atomic E-state index is -0.552. The van der Waals surface area contributed by atoms with E-state index in [-0.39, 0.29) is 11.8 Å². The van der Waals surface area contributed by atoms with E-state index in [2.05, 4.69) is 32.6 Å². The molecule has 2 amide bonds. The van der Waals surface area contributed by atoms with Gasteiger partial charge in [0.25, 0.3) is 5.91 Å². The molecule has 1 fully saturated rings. The number of nitrogens with one attached hydrogen (secondary N) is 2. The number of hydrogen-bond donors (Lipinski definition) is 2. The highest BCUT2D eigenvalue weighted by molar-refractivity contribution is 5.92. The van der Waals surface area contributed by atoms with Gasteiger partial charge >= 0.3 is 0 Å². The van der Waals surface area contributed by atoms with E-state index >= 15 is 0 Å². The van der Waals surface area contributed by atoms with Crippen molar-refractivity contribution in [3.63, 3.8) is 0 Å². The largest absolute Gasteiger partial charge is 0.356 e. The molecule has 2 aromatic heterocycles. The fraction of sp³-hybridized carbons (Fsp3) is 0.333. The quantitative estimate of drug-likeness (QED) is 0.645. The van der Waals surface area contributed by atoms with E-state index in [0.29, 0.717) is 44.6 Å². The number of H-pyrrole nitrogens is 1. The average molecular weight is 418 g/mol. The standard InChI is InChI=1S/C24H27N5O2/c1-2-26-23(31)24(10-15-29(16-11-24)22(30)21-9-14-27-28-21)17-19-5-3-4-6-20(19)18-7-12-25-13-8-18/h3-9,12-14H,2,10-11,15-17H2,1H3,(H,26,31)(H,27,28). The molecule has 1 aliphatic rings. The van der Waals surface area contributed by atoms with Gasteiger partial charge in [0, 0.05) is 38.2 Å². The van der Waals surface area contributed by atoms with E-state index < -0.39 is 5.41 Å². The fourth-order valence-corrected chi connectivity index (χ4v) is 4.37. The van der Waals surface area contributed by atoms with Gasteiger partial charge in [-0.2, -0.15) is 5.10 Å². The molecule has 0 radical (unpaired) electrons. The number of likely N-dealkylation sites (tertiary alicyclic amines) is 1. The number of nitrogens with zero attached hydrogens (tertiary/aromatic N) is 3. The van der Waals surface area contributed by atoms with E-state index in [0.717, 1.165) is 16.7 Å². The molecule has 31 heavy (non-hydrogen) atoms. The van der Waals surface area contributed by atoms with Crippen LogP contribution in [0.25, 0.3) is 11.1 Å². The molecule has 1 aromatic carbocycles. The molecule has 1 saturated heterocycles. The lowest BCUT2D eigenvalue weighted by Gasteiger charge is -2.41. The molecular weight excluding hydrogens is 390 g/mol. The van der Waals surface area contributed by atoms with Crippen LogP contribution in [0.15, 0.2) is 61.1 Å². The second-order valence-corrected chi connectivity index (χ2v) is 7.97. The van der Waals surface area contributed by atoms with Crippen LogP contribution in [0.3, 0.4) is 0 Å². The fourth-order valence-electron chi connectivity index (χ4n) is 4.37. The number of pyridine rings is 1. The summed E-state index contributed by atoms with van der Waals surface area (Å²) in [5, 5.41) is 9.65. The van der Waals surface area contributed by atoms with Crippen LogP contribution in [-0.4, -0.2) is 51.5 Å². The molecule has 160 valence electrons. The first-order valence-electron chi connectivity index (χ1n) is 10.7. The molecule has 1 aliphatic heterocycles. The zero-order valence-electron chi connectivity index (χ0n) is 17.7. The van der Waals surface area contributed by atoms with Gasteiger partial charge in [-0.05, 0) is 61.1 Å². The maximum atomic E-state index is 13.2. The SMILES string of the molecule is CCNC(=O)C1(Cc2ccccc2-c2ccncc2)CCN(C(=O)c2ccn[nH]2)CC1. The molecular formula is C24H27N5O2. The molecule has 3 heterocycles. The predicted octanol–water partition coefficient (Wildman–Crippen LogP) is 3.07. The summed E-state index contributed by atoms with van der Waals surface area (Å²) >= 11 is 0. The second-order valence-electron chi connectivity index (χ2n) is 7.97. The third-order valence-corrected chi connectivity index (χ3v) is 6.10. The summed E-state index contributed by atoms with van der Waals surface area (Å²) in [5.41, 5.74) is 3.26. The van der Waals surface area contributed by atoms with Gasteiger partial charge in [0.1, 0.15) is 5.69 Å². The Morgan fingerprint density at radius 2 is 1.81 bits per heavy atom. The van der Waals surface area contributed by atoms with Crippen molar-refractivity contribution >= 4 is 11.8 Å². The molecule has 7 nitrogen and oxygen atoms in total. The van der Waals surface area contributed by atoms with Crippen LogP contribution in [0.5, 0.6) is 0 Å². The van der Waals surface area contributed by atoms with Crippen molar-refractivity contribution in [3.8, 4) is 11.1 Å². The van der Waals surface area contributed by atoms with Gasteiger partial charge in [-0.25, -0.2) is 0 Å². The summed E-state index contributed by atoms with van der Waals surface area (Å²) in [7, 11) is 0. The van der Waals surface area contributed by atoms with E-state index in [9.17, 15) is 9.59 Å². The Kier molecular flexibility index (Phi) is 6.11. The van der Waals surface area contributed by atoms with Gasteiger partial charge in [-0.1, -0.05) is 24.3 Å². The molecule has 0 unspecified atom stereocenters. The molecule has 7 heteroatoms. The number of piperidine rings is 1. The normalized spacial score (nSPS) is 15.5. The van der Waals surface area contributed by atoms with E-state index in [1.54, 1.807) is 29.6 Å². The Labute approximate surface area is 181 Å². The number of hydrogen-bond acceptors (Lipinski definition) is 4. The Morgan fingerprint density at radius 1 is 1.06 bits per heavy atom. The van der Waals surface area contributed by atoms with Crippen LogP contribution >= 0.6 is 0 Å². The van der Waals surface area contributed by atoms with Gasteiger partial charge in [-0.3, -0.25) is 19.7 Å². The first-order chi connectivity index (χ1) is 15.1. The summed E-state index contributed by atoms with van der Waals surface area (Å²) in [6.07, 6.45) is 7.00. The van der Waals surface area contributed by atoms with Crippen LogP contribution in [-0.2, 0) is 11.2 Å². The van der Waals surface area contributed by atoms with Crippen molar-refractivity contribution in [1.82, 2.24) is 25.4 Å². The minimum Gasteiger partial charge on any atom is -0.356 e. The molecule has 0 bridgehead atoms. The topological polar surface area (TPSA) is 91.0 Å². The van der Waals surface area contributed by atoms with Crippen molar-refractivity contribution in [2.45, 2.75) is 26.2 Å². The lowest BCUT2D eigenvalue weighted by atomic mass is 9.72. The second kappa shape index (κ2) is 9.12. The number of aromatic amines is 1. The molecule has 2 N–H and O–H groups in total. The third-order valence-electron chi connectivity index (χ3n) is 6.10. The minimum absolute atomic E-state index is 0.0631. The van der Waals surface area contributed by atoms with Crippen molar-refractivity contribution < 1.29 is 9.59 Å². The maximum absolute atomic E-state index is 13.2. The first kappa shape index (κ1) is 20.8. The number of aromatic nitrogens is 3. The van der Waals surface area contributed by atoms with Gasteiger partial charge in [0.2, 0.25) is 5.91 Å². The summed E-state index contributed by atoms with van der Waals surface area (Å²) in [6, 6.07) is 13.9. The maximum Gasteiger partial charge on any atom is 0.271 e. The number of benzene rings is 1. The number of rotatable bonds is 6. The van der Waals surface area contributed by atoms with Gasteiger partial charge in [-0.15, -0.1) is 0 Å². The van der Waals surface area contributed by atoms with Crippen molar-refractivity contribution in [3.05, 3.63) is 72.3 Å². The lowest BCUT2D eigenvalue weighted by molar-refractivity contribution is -0.133. The van der Waals surface area contributed by atoms with E-state index in [1.165, 1.54) is 0 Å². The average Bonchev–Trinajstić information content (AvgIpc) is 3.35. The Hall–Kier alpha value is -3.48. The first-order valence-corrected chi connectivity index (χ1v) is 10.7. The Balaban J connectivity index is 1.59. The van der Waals surface area contributed by atoms with Crippen LogP contribution in [0.2, 0.25) is 0 Å². The molecule has 0 saturated carbocycles.